The maximum absolute atomic E-state index is 12.6. The van der Waals surface area contributed by atoms with Crippen LogP contribution >= 0.6 is 0 Å². The lowest BCUT2D eigenvalue weighted by Gasteiger charge is -2.19. The Balaban J connectivity index is 1.59. The third-order valence-electron chi connectivity index (χ3n) is 4.64. The summed E-state index contributed by atoms with van der Waals surface area (Å²) in [4.78, 5) is 14.9. The predicted molar refractivity (Wildman–Crippen MR) is 103 cm³/mol. The molecule has 0 spiro atoms. The quantitative estimate of drug-likeness (QED) is 0.790. The van der Waals surface area contributed by atoms with Gasteiger partial charge in [0.2, 0.25) is 0 Å². The van der Waals surface area contributed by atoms with Crippen LogP contribution in [-0.2, 0) is 11.2 Å². The van der Waals surface area contributed by atoms with Gasteiger partial charge in [-0.25, -0.2) is 0 Å². The van der Waals surface area contributed by atoms with Gasteiger partial charge in [-0.2, -0.15) is 0 Å². The number of hydrogen-bond acceptors (Lipinski definition) is 4. The summed E-state index contributed by atoms with van der Waals surface area (Å²) >= 11 is 0. The maximum Gasteiger partial charge on any atom is 0.265 e. The smallest absolute Gasteiger partial charge is 0.265 e. The highest BCUT2D eigenvalue weighted by Gasteiger charge is 2.29. The number of hydrogen-bond donors (Lipinski definition) is 1. The Bertz CT molecular complexity index is 719. The number of para-hydroxylation sites is 3. The van der Waals surface area contributed by atoms with Crippen LogP contribution in [-0.4, -0.2) is 43.2 Å². The van der Waals surface area contributed by atoms with E-state index in [-0.39, 0.29) is 5.91 Å². The zero-order valence-electron chi connectivity index (χ0n) is 15.4. The van der Waals surface area contributed by atoms with Crippen molar-refractivity contribution >= 4 is 11.6 Å². The molecule has 0 aliphatic carbocycles. The van der Waals surface area contributed by atoms with E-state index in [1.807, 2.05) is 48.5 Å². The number of ether oxygens (including phenoxy) is 2. The van der Waals surface area contributed by atoms with Crippen LogP contribution in [0, 0.1) is 0 Å². The van der Waals surface area contributed by atoms with E-state index >= 15 is 0 Å². The summed E-state index contributed by atoms with van der Waals surface area (Å²) < 4.78 is 11.7. The van der Waals surface area contributed by atoms with Crippen molar-refractivity contribution in [3.05, 3.63) is 54.1 Å². The topological polar surface area (TPSA) is 50.8 Å². The van der Waals surface area contributed by atoms with Crippen LogP contribution in [0.3, 0.4) is 0 Å². The number of likely N-dealkylation sites (N-methyl/N-ethyl adjacent to an activating group) is 1. The molecule has 2 aromatic rings. The molecule has 138 valence electrons. The van der Waals surface area contributed by atoms with Gasteiger partial charge in [0.15, 0.2) is 6.10 Å². The molecule has 2 aromatic carbocycles. The van der Waals surface area contributed by atoms with E-state index in [4.69, 9.17) is 9.47 Å². The van der Waals surface area contributed by atoms with E-state index in [9.17, 15) is 4.79 Å². The van der Waals surface area contributed by atoms with Crippen molar-refractivity contribution < 1.29 is 14.3 Å². The van der Waals surface area contributed by atoms with Gasteiger partial charge in [-0.05, 0) is 36.9 Å². The van der Waals surface area contributed by atoms with Gasteiger partial charge < -0.3 is 19.7 Å². The first-order valence-corrected chi connectivity index (χ1v) is 9.20. The molecule has 1 aliphatic rings. The summed E-state index contributed by atoms with van der Waals surface area (Å²) in [6.07, 6.45) is 0.0867. The van der Waals surface area contributed by atoms with Gasteiger partial charge in [-0.3, -0.25) is 4.79 Å². The number of anilines is 1. The summed E-state index contributed by atoms with van der Waals surface area (Å²) in [7, 11) is 0. The lowest BCUT2D eigenvalue weighted by atomic mass is 10.1. The maximum atomic E-state index is 12.6. The number of fused-ring (bicyclic) bond motifs is 1. The number of amides is 1. The SMILES string of the molecule is CCN(CC)CCOc1ccccc1NC(=O)C1Cc2ccccc2O1. The van der Waals surface area contributed by atoms with Gasteiger partial charge in [0.1, 0.15) is 18.1 Å². The Morgan fingerprint density at radius 3 is 2.65 bits per heavy atom. The Hall–Kier alpha value is -2.53. The Kier molecular flexibility index (Phi) is 6.12. The van der Waals surface area contributed by atoms with E-state index in [0.29, 0.717) is 24.5 Å². The average molecular weight is 354 g/mol. The van der Waals surface area contributed by atoms with Crippen LogP contribution < -0.4 is 14.8 Å². The molecule has 5 nitrogen and oxygen atoms in total. The van der Waals surface area contributed by atoms with Crippen molar-refractivity contribution in [3.63, 3.8) is 0 Å². The molecule has 26 heavy (non-hydrogen) atoms. The standard InChI is InChI=1S/C21H26N2O3/c1-3-23(4-2)13-14-25-19-12-8-6-10-17(19)22-21(24)20-15-16-9-5-7-11-18(16)26-20/h5-12,20H,3-4,13-15H2,1-2H3,(H,22,24). The first-order valence-electron chi connectivity index (χ1n) is 9.20. The fourth-order valence-corrected chi connectivity index (χ4v) is 3.06. The van der Waals surface area contributed by atoms with Crippen molar-refractivity contribution in [2.24, 2.45) is 0 Å². The van der Waals surface area contributed by atoms with Gasteiger partial charge in [0.05, 0.1) is 5.69 Å². The van der Waals surface area contributed by atoms with Crippen molar-refractivity contribution in [1.29, 1.82) is 0 Å². The normalized spacial score (nSPS) is 15.4. The van der Waals surface area contributed by atoms with E-state index in [1.165, 1.54) is 0 Å². The lowest BCUT2D eigenvalue weighted by Crippen LogP contribution is -2.31. The molecule has 3 rings (SSSR count). The molecule has 1 N–H and O–H groups in total. The summed E-state index contributed by atoms with van der Waals surface area (Å²) in [6.45, 7) is 7.71. The Morgan fingerprint density at radius 2 is 1.88 bits per heavy atom. The Labute approximate surface area is 154 Å². The summed E-state index contributed by atoms with van der Waals surface area (Å²) in [6, 6.07) is 15.3. The molecule has 5 heteroatoms. The fourth-order valence-electron chi connectivity index (χ4n) is 3.06. The minimum absolute atomic E-state index is 0.152. The first-order chi connectivity index (χ1) is 12.7. The third kappa shape index (κ3) is 4.35. The van der Waals surface area contributed by atoms with Crippen LogP contribution in [0.1, 0.15) is 19.4 Å². The molecule has 0 saturated heterocycles. The van der Waals surface area contributed by atoms with Crippen LogP contribution in [0.4, 0.5) is 5.69 Å². The molecule has 1 unspecified atom stereocenters. The minimum atomic E-state index is -0.504. The van der Waals surface area contributed by atoms with Crippen LogP contribution in [0.2, 0.25) is 0 Å². The van der Waals surface area contributed by atoms with Gasteiger partial charge in [-0.15, -0.1) is 0 Å². The highest BCUT2D eigenvalue weighted by atomic mass is 16.5. The van der Waals surface area contributed by atoms with E-state index in [0.717, 1.165) is 30.9 Å². The molecule has 1 atom stereocenters. The molecule has 0 aromatic heterocycles. The molecular weight excluding hydrogens is 328 g/mol. The van der Waals surface area contributed by atoms with E-state index in [2.05, 4.69) is 24.1 Å². The summed E-state index contributed by atoms with van der Waals surface area (Å²) in [5.74, 6) is 1.32. The monoisotopic (exact) mass is 354 g/mol. The highest BCUT2D eigenvalue weighted by molar-refractivity contribution is 5.96. The van der Waals surface area contributed by atoms with E-state index < -0.39 is 6.10 Å². The number of benzene rings is 2. The molecule has 1 amide bonds. The fraction of sp³-hybridized carbons (Fsp3) is 0.381. The van der Waals surface area contributed by atoms with Gasteiger partial charge in [0.25, 0.3) is 5.91 Å². The molecule has 0 saturated carbocycles. The van der Waals surface area contributed by atoms with Gasteiger partial charge in [-0.1, -0.05) is 44.2 Å². The van der Waals surface area contributed by atoms with Crippen molar-refractivity contribution in [1.82, 2.24) is 4.90 Å². The lowest BCUT2D eigenvalue weighted by molar-refractivity contribution is -0.122. The Morgan fingerprint density at radius 1 is 1.15 bits per heavy atom. The number of carbonyl (C=O) groups excluding carboxylic acids is 1. The predicted octanol–water partition coefficient (Wildman–Crippen LogP) is 3.35. The second kappa shape index (κ2) is 8.72. The molecule has 1 heterocycles. The third-order valence-corrected chi connectivity index (χ3v) is 4.64. The summed E-state index contributed by atoms with van der Waals surface area (Å²) in [5.41, 5.74) is 1.74. The largest absolute Gasteiger partial charge is 0.490 e. The molecular formula is C21H26N2O3. The number of nitrogens with one attached hydrogen (secondary N) is 1. The number of nitrogens with zero attached hydrogens (tertiary/aromatic N) is 1. The van der Waals surface area contributed by atoms with Crippen molar-refractivity contribution in [2.75, 3.05) is 31.6 Å². The molecule has 0 bridgehead atoms. The minimum Gasteiger partial charge on any atom is -0.490 e. The van der Waals surface area contributed by atoms with Crippen molar-refractivity contribution in [3.8, 4) is 11.5 Å². The number of rotatable bonds is 8. The van der Waals surface area contributed by atoms with E-state index in [1.54, 1.807) is 0 Å². The zero-order chi connectivity index (χ0) is 18.4. The van der Waals surface area contributed by atoms with Gasteiger partial charge in [0, 0.05) is 13.0 Å². The molecule has 1 aliphatic heterocycles. The van der Waals surface area contributed by atoms with Gasteiger partial charge >= 0.3 is 0 Å². The second-order valence-electron chi connectivity index (χ2n) is 6.28. The number of carbonyl (C=O) groups is 1. The molecule has 0 fully saturated rings. The second-order valence-corrected chi connectivity index (χ2v) is 6.28. The summed E-state index contributed by atoms with van der Waals surface area (Å²) in [5, 5.41) is 2.95. The van der Waals surface area contributed by atoms with Crippen LogP contribution in [0.5, 0.6) is 11.5 Å². The van der Waals surface area contributed by atoms with Crippen molar-refractivity contribution in [2.45, 2.75) is 26.4 Å². The van der Waals surface area contributed by atoms with Crippen LogP contribution in [0.25, 0.3) is 0 Å². The zero-order valence-corrected chi connectivity index (χ0v) is 15.4. The first kappa shape index (κ1) is 18.3. The highest BCUT2D eigenvalue weighted by Crippen LogP contribution is 2.30. The molecule has 0 radical (unpaired) electrons. The average Bonchev–Trinajstić information content (AvgIpc) is 3.11. The van der Waals surface area contributed by atoms with Crippen LogP contribution in [0.15, 0.2) is 48.5 Å².